The van der Waals surface area contributed by atoms with E-state index in [1.807, 2.05) is 0 Å². The number of benzene rings is 1. The van der Waals surface area contributed by atoms with E-state index in [0.717, 1.165) is 12.1 Å². The summed E-state index contributed by atoms with van der Waals surface area (Å²) in [6, 6.07) is 3.18. The number of carbonyl (C=O) groups is 1. The molecule has 0 saturated heterocycles. The highest BCUT2D eigenvalue weighted by Gasteiger charge is 2.11. The number of Topliss-reactive ketones (excluding diaryl/α,β-unsaturated/α-hetero) is 1. The molecule has 0 aliphatic heterocycles. The Kier molecular flexibility index (Phi) is 3.45. The lowest BCUT2D eigenvalue weighted by molar-refractivity contribution is -0.117. The van der Waals surface area contributed by atoms with Gasteiger partial charge in [0.15, 0.2) is 0 Å². The smallest absolute Gasteiger partial charge is 0.143 e. The van der Waals surface area contributed by atoms with Gasteiger partial charge < -0.3 is 0 Å². The molecule has 4 nitrogen and oxygen atoms in total. The van der Waals surface area contributed by atoms with Gasteiger partial charge in [0.1, 0.15) is 17.4 Å². The predicted molar refractivity (Wildman–Crippen MR) is 59.8 cm³/mol. The Bertz CT molecular complexity index is 580. The Morgan fingerprint density at radius 3 is 2.72 bits per heavy atom. The molecule has 2 rings (SSSR count). The minimum absolute atomic E-state index is 0.0807. The molecule has 0 aliphatic carbocycles. The van der Waals surface area contributed by atoms with Crippen LogP contribution >= 0.6 is 0 Å². The van der Waals surface area contributed by atoms with Crippen molar-refractivity contribution in [2.24, 2.45) is 7.05 Å². The van der Waals surface area contributed by atoms with Crippen molar-refractivity contribution in [2.45, 2.75) is 12.8 Å². The maximum absolute atomic E-state index is 13.3. The third-order valence-electron chi connectivity index (χ3n) is 2.43. The molecule has 6 heteroatoms. The zero-order valence-electron chi connectivity index (χ0n) is 9.73. The Morgan fingerprint density at radius 1 is 1.33 bits per heavy atom. The number of aryl methyl sites for hydroxylation is 1. The number of aromatic nitrogens is 3. The molecule has 1 heterocycles. The van der Waals surface area contributed by atoms with E-state index < -0.39 is 11.6 Å². The topological polar surface area (TPSA) is 47.8 Å². The van der Waals surface area contributed by atoms with Gasteiger partial charge in [0.25, 0.3) is 0 Å². The Labute approximate surface area is 102 Å². The molecule has 0 radical (unpaired) electrons. The minimum Gasteiger partial charge on any atom is -0.299 e. The number of hydrogen-bond donors (Lipinski definition) is 0. The van der Waals surface area contributed by atoms with Gasteiger partial charge in [-0.15, -0.1) is 5.10 Å². The molecular formula is C12H11F2N3O. The molecule has 0 unspecified atom stereocenters. The van der Waals surface area contributed by atoms with Gasteiger partial charge in [-0.1, -0.05) is 11.3 Å². The molecule has 0 N–H and O–H groups in total. The number of carbonyl (C=O) groups excluding carboxylic acids is 1. The van der Waals surface area contributed by atoms with Crippen molar-refractivity contribution in [1.82, 2.24) is 15.0 Å². The quantitative estimate of drug-likeness (QED) is 0.826. The summed E-state index contributed by atoms with van der Waals surface area (Å²) < 4.78 is 27.5. The first-order valence-electron chi connectivity index (χ1n) is 5.35. The second-order valence-corrected chi connectivity index (χ2v) is 4.01. The van der Waals surface area contributed by atoms with Crippen LogP contribution in [-0.4, -0.2) is 20.8 Å². The van der Waals surface area contributed by atoms with Gasteiger partial charge in [0.2, 0.25) is 0 Å². The molecule has 2 aromatic rings. The molecule has 94 valence electrons. The van der Waals surface area contributed by atoms with Gasteiger partial charge in [0.05, 0.1) is 12.1 Å². The summed E-state index contributed by atoms with van der Waals surface area (Å²) in [4.78, 5) is 11.7. The summed E-state index contributed by atoms with van der Waals surface area (Å²) >= 11 is 0. The third-order valence-corrected chi connectivity index (χ3v) is 2.43. The van der Waals surface area contributed by atoms with Crippen LogP contribution in [0.25, 0.3) is 0 Å². The highest BCUT2D eigenvalue weighted by Crippen LogP contribution is 2.11. The average molecular weight is 251 g/mol. The molecule has 0 fully saturated rings. The Balaban J connectivity index is 2.03. The molecule has 0 atom stereocenters. The van der Waals surface area contributed by atoms with E-state index in [0.29, 0.717) is 5.69 Å². The van der Waals surface area contributed by atoms with Crippen LogP contribution in [0.15, 0.2) is 24.4 Å². The van der Waals surface area contributed by atoms with E-state index >= 15 is 0 Å². The molecule has 1 aromatic carbocycles. The zero-order valence-corrected chi connectivity index (χ0v) is 9.73. The summed E-state index contributed by atoms with van der Waals surface area (Å²) in [5.74, 6) is -1.55. The lowest BCUT2D eigenvalue weighted by atomic mass is 10.1. The monoisotopic (exact) mass is 251 g/mol. The Morgan fingerprint density at radius 2 is 2.11 bits per heavy atom. The summed E-state index contributed by atoms with van der Waals surface area (Å²) in [5.41, 5.74) is 0.718. The first-order valence-corrected chi connectivity index (χ1v) is 5.35. The SMILES string of the molecule is Cn1cc(CC(=O)Cc2ccc(F)cc2F)nn1. The number of nitrogens with zero attached hydrogens (tertiary/aromatic N) is 3. The van der Waals surface area contributed by atoms with Crippen molar-refractivity contribution in [3.63, 3.8) is 0 Å². The van der Waals surface area contributed by atoms with Crippen molar-refractivity contribution in [2.75, 3.05) is 0 Å². The third kappa shape index (κ3) is 2.97. The second kappa shape index (κ2) is 5.03. The highest BCUT2D eigenvalue weighted by molar-refractivity contribution is 5.82. The van der Waals surface area contributed by atoms with Gasteiger partial charge in [-0.3, -0.25) is 9.48 Å². The van der Waals surface area contributed by atoms with E-state index in [2.05, 4.69) is 10.3 Å². The fraction of sp³-hybridized carbons (Fsp3) is 0.250. The van der Waals surface area contributed by atoms with Crippen molar-refractivity contribution >= 4 is 5.78 Å². The fourth-order valence-electron chi connectivity index (χ4n) is 1.62. The van der Waals surface area contributed by atoms with E-state index in [9.17, 15) is 13.6 Å². The summed E-state index contributed by atoms with van der Waals surface area (Å²) in [6.07, 6.45) is 1.63. The average Bonchev–Trinajstić information content (AvgIpc) is 2.68. The van der Waals surface area contributed by atoms with Crippen LogP contribution in [0, 0.1) is 11.6 Å². The van der Waals surface area contributed by atoms with Crippen molar-refractivity contribution in [3.05, 3.63) is 47.3 Å². The van der Waals surface area contributed by atoms with Crippen LogP contribution in [0.4, 0.5) is 8.78 Å². The number of hydrogen-bond acceptors (Lipinski definition) is 3. The normalized spacial score (nSPS) is 10.6. The lowest BCUT2D eigenvalue weighted by Crippen LogP contribution is -2.08. The van der Waals surface area contributed by atoms with Crippen molar-refractivity contribution in [3.8, 4) is 0 Å². The maximum atomic E-state index is 13.3. The largest absolute Gasteiger partial charge is 0.299 e. The summed E-state index contributed by atoms with van der Waals surface area (Å²) in [6.45, 7) is 0. The van der Waals surface area contributed by atoms with Crippen molar-refractivity contribution in [1.29, 1.82) is 0 Å². The maximum Gasteiger partial charge on any atom is 0.143 e. The van der Waals surface area contributed by atoms with Gasteiger partial charge in [-0.2, -0.15) is 0 Å². The molecular weight excluding hydrogens is 240 g/mol. The first kappa shape index (κ1) is 12.3. The van der Waals surface area contributed by atoms with Crippen molar-refractivity contribution < 1.29 is 13.6 Å². The lowest BCUT2D eigenvalue weighted by Gasteiger charge is -2.01. The van der Waals surface area contributed by atoms with E-state index in [4.69, 9.17) is 0 Å². The van der Waals surface area contributed by atoms with Crippen LogP contribution in [0.1, 0.15) is 11.3 Å². The molecule has 1 aromatic heterocycles. The second-order valence-electron chi connectivity index (χ2n) is 4.01. The van der Waals surface area contributed by atoms with E-state index in [1.165, 1.54) is 10.7 Å². The standard InChI is InChI=1S/C12H11F2N3O/c1-17-7-10(15-16-17)6-11(18)4-8-2-3-9(13)5-12(8)14/h2-3,5,7H,4,6H2,1H3. The van der Waals surface area contributed by atoms with Gasteiger partial charge in [-0.05, 0) is 11.6 Å². The first-order chi connectivity index (χ1) is 8.54. The minimum atomic E-state index is -0.706. The molecule has 0 spiro atoms. The van der Waals surface area contributed by atoms with Crippen LogP contribution in [0.2, 0.25) is 0 Å². The molecule has 0 amide bonds. The van der Waals surface area contributed by atoms with Crippen LogP contribution in [-0.2, 0) is 24.7 Å². The van der Waals surface area contributed by atoms with Crippen LogP contribution in [0.3, 0.4) is 0 Å². The predicted octanol–water partition coefficient (Wildman–Crippen LogP) is 1.45. The van der Waals surface area contributed by atoms with Crippen LogP contribution < -0.4 is 0 Å². The van der Waals surface area contributed by atoms with Crippen LogP contribution in [0.5, 0.6) is 0 Å². The number of halogens is 2. The van der Waals surface area contributed by atoms with E-state index in [-0.39, 0.29) is 24.2 Å². The highest BCUT2D eigenvalue weighted by atomic mass is 19.1. The molecule has 0 aliphatic rings. The fourth-order valence-corrected chi connectivity index (χ4v) is 1.62. The summed E-state index contributed by atoms with van der Waals surface area (Å²) in [5, 5.41) is 7.47. The molecule has 0 saturated carbocycles. The zero-order chi connectivity index (χ0) is 13.1. The summed E-state index contributed by atoms with van der Waals surface area (Å²) in [7, 11) is 1.70. The molecule has 18 heavy (non-hydrogen) atoms. The van der Waals surface area contributed by atoms with Gasteiger partial charge in [-0.25, -0.2) is 8.78 Å². The Hall–Kier alpha value is -2.11. The van der Waals surface area contributed by atoms with Gasteiger partial charge in [0, 0.05) is 25.7 Å². The van der Waals surface area contributed by atoms with E-state index in [1.54, 1.807) is 13.2 Å². The number of rotatable bonds is 4. The molecule has 0 bridgehead atoms. The number of ketones is 1. The van der Waals surface area contributed by atoms with Gasteiger partial charge >= 0.3 is 0 Å².